The second-order valence-corrected chi connectivity index (χ2v) is 4.64. The number of nitrogens with zero attached hydrogens (tertiary/aromatic N) is 2. The number of carbonyl (C=O) groups is 1. The second-order valence-electron chi connectivity index (χ2n) is 4.64. The smallest absolute Gasteiger partial charge is 0.228 e. The van der Waals surface area contributed by atoms with Crippen LogP contribution in [-0.4, -0.2) is 35.4 Å². The first-order chi connectivity index (χ1) is 8.22. The first-order valence-corrected chi connectivity index (χ1v) is 6.08. The van der Waals surface area contributed by atoms with E-state index in [1.165, 1.54) is 12.8 Å². The topological polar surface area (TPSA) is 59.2 Å². The molecule has 0 bridgehead atoms. The highest BCUT2D eigenvalue weighted by Gasteiger charge is 2.34. The van der Waals surface area contributed by atoms with Crippen LogP contribution in [0.4, 0.5) is 0 Å². The maximum atomic E-state index is 12.1. The Morgan fingerprint density at radius 2 is 2.35 bits per heavy atom. The molecule has 1 fully saturated rings. The predicted octanol–water partition coefficient (Wildman–Crippen LogP) is 0.820. The molecule has 4 nitrogen and oxygen atoms in total. The lowest BCUT2D eigenvalue weighted by Gasteiger charge is -2.27. The molecular formula is C13H19N3O. The van der Waals surface area contributed by atoms with Crippen molar-refractivity contribution in [2.24, 2.45) is 11.7 Å². The third-order valence-corrected chi connectivity index (χ3v) is 3.36. The van der Waals surface area contributed by atoms with Gasteiger partial charge in [0.15, 0.2) is 0 Å². The average molecular weight is 233 g/mol. The summed E-state index contributed by atoms with van der Waals surface area (Å²) >= 11 is 0. The van der Waals surface area contributed by atoms with Crippen LogP contribution in [0, 0.1) is 5.92 Å². The van der Waals surface area contributed by atoms with Gasteiger partial charge in [-0.1, -0.05) is 6.07 Å². The number of nitrogens with two attached hydrogens (primary N) is 1. The molecule has 2 N–H and O–H groups in total. The summed E-state index contributed by atoms with van der Waals surface area (Å²) in [6, 6.07) is 5.83. The summed E-state index contributed by atoms with van der Waals surface area (Å²) < 4.78 is 0. The molecule has 4 heteroatoms. The lowest BCUT2D eigenvalue weighted by Crippen LogP contribution is -2.44. The molecule has 92 valence electrons. The fourth-order valence-electron chi connectivity index (χ4n) is 2.12. The third-order valence-electron chi connectivity index (χ3n) is 3.36. The van der Waals surface area contributed by atoms with Gasteiger partial charge < -0.3 is 10.6 Å². The Morgan fingerprint density at radius 1 is 1.59 bits per heavy atom. The van der Waals surface area contributed by atoms with E-state index in [4.69, 9.17) is 5.73 Å². The van der Waals surface area contributed by atoms with Crippen molar-refractivity contribution in [2.45, 2.75) is 25.3 Å². The van der Waals surface area contributed by atoms with Crippen LogP contribution in [-0.2, 0) is 11.2 Å². The van der Waals surface area contributed by atoms with Crippen molar-refractivity contribution in [3.63, 3.8) is 0 Å². The summed E-state index contributed by atoms with van der Waals surface area (Å²) in [6.45, 7) is 0.551. The van der Waals surface area contributed by atoms with Gasteiger partial charge in [-0.25, -0.2) is 0 Å². The standard InChI is InChI=1S/C13H19N3O/c1-16(12(9-14)10-5-6-10)13(17)8-11-4-2-3-7-15-11/h2-4,7,10,12H,5-6,8-9,14H2,1H3. The van der Waals surface area contributed by atoms with Crippen LogP contribution >= 0.6 is 0 Å². The lowest BCUT2D eigenvalue weighted by atomic mass is 10.1. The van der Waals surface area contributed by atoms with Gasteiger partial charge in [-0.2, -0.15) is 0 Å². The summed E-state index contributed by atoms with van der Waals surface area (Å²) in [5.74, 6) is 0.712. The fraction of sp³-hybridized carbons (Fsp3) is 0.538. The Kier molecular flexibility index (Phi) is 3.74. The van der Waals surface area contributed by atoms with E-state index >= 15 is 0 Å². The van der Waals surface area contributed by atoms with Crippen molar-refractivity contribution in [1.82, 2.24) is 9.88 Å². The summed E-state index contributed by atoms with van der Waals surface area (Å²) in [4.78, 5) is 18.0. The van der Waals surface area contributed by atoms with Crippen molar-refractivity contribution in [2.75, 3.05) is 13.6 Å². The van der Waals surface area contributed by atoms with Crippen LogP contribution in [0.2, 0.25) is 0 Å². The molecule has 1 amide bonds. The number of carbonyl (C=O) groups excluding carboxylic acids is 1. The molecular weight excluding hydrogens is 214 g/mol. The van der Waals surface area contributed by atoms with Gasteiger partial charge in [-0.3, -0.25) is 9.78 Å². The number of rotatable bonds is 5. The van der Waals surface area contributed by atoms with E-state index < -0.39 is 0 Å². The zero-order valence-electron chi connectivity index (χ0n) is 10.2. The van der Waals surface area contributed by atoms with E-state index in [9.17, 15) is 4.79 Å². The van der Waals surface area contributed by atoms with Gasteiger partial charge in [0.25, 0.3) is 0 Å². The highest BCUT2D eigenvalue weighted by Crippen LogP contribution is 2.34. The molecule has 1 aliphatic rings. The van der Waals surface area contributed by atoms with Crippen LogP contribution in [0.15, 0.2) is 24.4 Å². The van der Waals surface area contributed by atoms with Crippen molar-refractivity contribution in [3.8, 4) is 0 Å². The minimum absolute atomic E-state index is 0.103. The van der Waals surface area contributed by atoms with Gasteiger partial charge in [0, 0.05) is 31.5 Å². The van der Waals surface area contributed by atoms with Gasteiger partial charge in [-0.15, -0.1) is 0 Å². The van der Waals surface area contributed by atoms with Crippen molar-refractivity contribution in [1.29, 1.82) is 0 Å². The van der Waals surface area contributed by atoms with Crippen molar-refractivity contribution < 1.29 is 4.79 Å². The second kappa shape index (κ2) is 5.27. The number of aromatic nitrogens is 1. The van der Waals surface area contributed by atoms with E-state index in [2.05, 4.69) is 4.98 Å². The largest absolute Gasteiger partial charge is 0.341 e. The molecule has 1 aromatic heterocycles. The SMILES string of the molecule is CN(C(=O)Cc1ccccn1)C(CN)C1CC1. The highest BCUT2D eigenvalue weighted by molar-refractivity contribution is 5.78. The van der Waals surface area contributed by atoms with Crippen LogP contribution in [0.5, 0.6) is 0 Å². The summed E-state index contributed by atoms with van der Waals surface area (Å²) in [7, 11) is 1.85. The van der Waals surface area contributed by atoms with Crippen LogP contribution in [0.1, 0.15) is 18.5 Å². The number of pyridine rings is 1. The van der Waals surface area contributed by atoms with Gasteiger partial charge in [0.1, 0.15) is 0 Å². The first-order valence-electron chi connectivity index (χ1n) is 6.08. The Morgan fingerprint density at radius 3 is 2.88 bits per heavy atom. The normalized spacial score (nSPS) is 16.6. The van der Waals surface area contributed by atoms with E-state index in [1.807, 2.05) is 25.2 Å². The molecule has 0 saturated heterocycles. The molecule has 17 heavy (non-hydrogen) atoms. The predicted molar refractivity (Wildman–Crippen MR) is 66.3 cm³/mol. The van der Waals surface area contributed by atoms with E-state index in [-0.39, 0.29) is 11.9 Å². The van der Waals surface area contributed by atoms with Crippen LogP contribution in [0.3, 0.4) is 0 Å². The van der Waals surface area contributed by atoms with Crippen molar-refractivity contribution in [3.05, 3.63) is 30.1 Å². The van der Waals surface area contributed by atoms with Gasteiger partial charge >= 0.3 is 0 Å². The van der Waals surface area contributed by atoms with Crippen molar-refractivity contribution >= 4 is 5.91 Å². The summed E-state index contributed by atoms with van der Waals surface area (Å²) in [5.41, 5.74) is 6.55. The maximum Gasteiger partial charge on any atom is 0.228 e. The quantitative estimate of drug-likeness (QED) is 0.819. The fourth-order valence-corrected chi connectivity index (χ4v) is 2.12. The lowest BCUT2D eigenvalue weighted by molar-refractivity contribution is -0.131. The molecule has 1 unspecified atom stereocenters. The Balaban J connectivity index is 1.95. The maximum absolute atomic E-state index is 12.1. The zero-order valence-corrected chi connectivity index (χ0v) is 10.2. The third kappa shape index (κ3) is 3.03. The monoisotopic (exact) mass is 233 g/mol. The molecule has 0 spiro atoms. The first kappa shape index (κ1) is 12.0. The van der Waals surface area contributed by atoms with Gasteiger partial charge in [-0.05, 0) is 30.9 Å². The molecule has 1 aromatic rings. The molecule has 0 radical (unpaired) electrons. The number of hydrogen-bond acceptors (Lipinski definition) is 3. The molecule has 0 aliphatic heterocycles. The summed E-state index contributed by atoms with van der Waals surface area (Å²) in [6.07, 6.45) is 4.47. The minimum atomic E-state index is 0.103. The minimum Gasteiger partial charge on any atom is -0.341 e. The van der Waals surface area contributed by atoms with Crippen LogP contribution in [0.25, 0.3) is 0 Å². The molecule has 1 saturated carbocycles. The highest BCUT2D eigenvalue weighted by atomic mass is 16.2. The van der Waals surface area contributed by atoms with E-state index in [0.717, 1.165) is 5.69 Å². The Labute approximate surface area is 102 Å². The summed E-state index contributed by atoms with van der Waals surface area (Å²) in [5, 5.41) is 0. The Bertz CT molecular complexity index is 376. The molecule has 1 aliphatic carbocycles. The number of likely N-dealkylation sites (N-methyl/N-ethyl adjacent to an activating group) is 1. The van der Waals surface area contributed by atoms with E-state index in [1.54, 1.807) is 11.1 Å². The molecule has 0 aromatic carbocycles. The van der Waals surface area contributed by atoms with Gasteiger partial charge in [0.05, 0.1) is 6.42 Å². The van der Waals surface area contributed by atoms with Crippen LogP contribution < -0.4 is 5.73 Å². The number of amides is 1. The van der Waals surface area contributed by atoms with Gasteiger partial charge in [0.2, 0.25) is 5.91 Å². The average Bonchev–Trinajstić information content (AvgIpc) is 3.15. The number of hydrogen-bond donors (Lipinski definition) is 1. The Hall–Kier alpha value is -1.42. The molecule has 1 atom stereocenters. The zero-order chi connectivity index (χ0) is 12.3. The molecule has 2 rings (SSSR count). The van der Waals surface area contributed by atoms with E-state index in [0.29, 0.717) is 18.9 Å². The molecule has 1 heterocycles.